The van der Waals surface area contributed by atoms with Gasteiger partial charge in [0.25, 0.3) is 0 Å². The molecule has 5 rings (SSSR count). The van der Waals surface area contributed by atoms with E-state index in [1.165, 1.54) is 36.3 Å². The van der Waals surface area contributed by atoms with Crippen molar-refractivity contribution in [2.75, 3.05) is 18.2 Å². The molecule has 9 heteroatoms. The lowest BCUT2D eigenvalue weighted by Gasteiger charge is -2.06. The third kappa shape index (κ3) is 4.24. The van der Waals surface area contributed by atoms with Crippen molar-refractivity contribution in [3.05, 3.63) is 60.4 Å². The Kier molecular flexibility index (Phi) is 5.65. The van der Waals surface area contributed by atoms with Gasteiger partial charge >= 0.3 is 0 Å². The van der Waals surface area contributed by atoms with Crippen molar-refractivity contribution in [3.8, 4) is 5.75 Å². The number of anilines is 1. The van der Waals surface area contributed by atoms with Crippen LogP contribution in [0, 0.1) is 0 Å². The van der Waals surface area contributed by atoms with E-state index in [1.54, 1.807) is 31.4 Å². The van der Waals surface area contributed by atoms with Gasteiger partial charge in [0.2, 0.25) is 5.91 Å². The Bertz CT molecular complexity index is 1530. The highest BCUT2D eigenvalue weighted by Crippen LogP contribution is 2.38. The number of nitrogens with zero attached hydrogens (tertiary/aromatic N) is 3. The van der Waals surface area contributed by atoms with Gasteiger partial charge in [-0.3, -0.25) is 9.59 Å². The number of ether oxygens (including phenoxy) is 1. The second-order valence-electron chi connectivity index (χ2n) is 7.33. The number of nitrogens with one attached hydrogen (secondary N) is 1. The van der Waals surface area contributed by atoms with Crippen LogP contribution >= 0.6 is 23.1 Å². The summed E-state index contributed by atoms with van der Waals surface area (Å²) in [6.45, 7) is 1.51. The first-order chi connectivity index (χ1) is 16.0. The molecular weight excluding hydrogens is 456 g/mol. The number of hydrogen-bond donors (Lipinski definition) is 1. The monoisotopic (exact) mass is 474 g/mol. The van der Waals surface area contributed by atoms with E-state index in [9.17, 15) is 9.59 Å². The highest BCUT2D eigenvalue weighted by molar-refractivity contribution is 8.00. The molecule has 1 amide bonds. The van der Waals surface area contributed by atoms with Crippen molar-refractivity contribution in [3.63, 3.8) is 0 Å². The molecule has 0 spiro atoms. The van der Waals surface area contributed by atoms with Crippen LogP contribution in [-0.4, -0.2) is 39.5 Å². The molecule has 7 nitrogen and oxygen atoms in total. The summed E-state index contributed by atoms with van der Waals surface area (Å²) in [7, 11) is 1.64. The van der Waals surface area contributed by atoms with E-state index in [-0.39, 0.29) is 17.4 Å². The van der Waals surface area contributed by atoms with Gasteiger partial charge in [0.15, 0.2) is 5.78 Å². The second-order valence-corrected chi connectivity index (χ2v) is 9.29. The number of aromatic nitrogens is 3. The molecule has 164 valence electrons. The molecular formula is C24H18N4O3S2. The van der Waals surface area contributed by atoms with Gasteiger partial charge in [-0.25, -0.2) is 15.0 Å². The minimum Gasteiger partial charge on any atom is -0.497 e. The molecule has 0 aliphatic carbocycles. The van der Waals surface area contributed by atoms with Crippen LogP contribution < -0.4 is 10.1 Å². The number of ketones is 1. The zero-order chi connectivity index (χ0) is 22.9. The summed E-state index contributed by atoms with van der Waals surface area (Å²) in [5.41, 5.74) is 2.96. The van der Waals surface area contributed by atoms with Crippen molar-refractivity contribution >= 4 is 71.8 Å². The first-order valence-corrected chi connectivity index (χ1v) is 11.9. The van der Waals surface area contributed by atoms with E-state index >= 15 is 0 Å². The van der Waals surface area contributed by atoms with Crippen molar-refractivity contribution in [2.24, 2.45) is 0 Å². The number of amides is 1. The predicted molar refractivity (Wildman–Crippen MR) is 133 cm³/mol. The summed E-state index contributed by atoms with van der Waals surface area (Å²) in [6.07, 6.45) is 1.52. The van der Waals surface area contributed by atoms with Gasteiger partial charge in [0.1, 0.15) is 21.9 Å². The van der Waals surface area contributed by atoms with Crippen LogP contribution in [0.15, 0.2) is 59.9 Å². The van der Waals surface area contributed by atoms with Gasteiger partial charge in [-0.15, -0.1) is 11.3 Å². The first-order valence-electron chi connectivity index (χ1n) is 10.1. The lowest BCUT2D eigenvalue weighted by Crippen LogP contribution is -2.14. The third-order valence-electron chi connectivity index (χ3n) is 5.13. The summed E-state index contributed by atoms with van der Waals surface area (Å²) in [4.78, 5) is 38.4. The lowest BCUT2D eigenvalue weighted by molar-refractivity contribution is -0.113. The minimum atomic E-state index is -0.153. The van der Waals surface area contributed by atoms with Gasteiger partial charge in [-0.1, -0.05) is 11.8 Å². The Hall–Kier alpha value is -3.56. The Morgan fingerprint density at radius 1 is 1.09 bits per heavy atom. The molecule has 0 fully saturated rings. The molecule has 0 unspecified atom stereocenters. The first kappa shape index (κ1) is 21.3. The maximum atomic E-state index is 12.5. The fraction of sp³-hybridized carbons (Fsp3) is 0.125. The number of Topliss-reactive ketones (excluding diaryl/α,β-unsaturated/α-hetero) is 1. The number of fused-ring (bicyclic) bond motifs is 4. The van der Waals surface area contributed by atoms with Crippen molar-refractivity contribution in [1.82, 2.24) is 15.0 Å². The predicted octanol–water partition coefficient (Wildman–Crippen LogP) is 5.33. The fourth-order valence-electron chi connectivity index (χ4n) is 3.47. The highest BCUT2D eigenvalue weighted by atomic mass is 32.2. The highest BCUT2D eigenvalue weighted by Gasteiger charge is 2.15. The number of thiophene rings is 1. The Morgan fingerprint density at radius 2 is 1.91 bits per heavy atom. The van der Waals surface area contributed by atoms with Crippen LogP contribution in [0.3, 0.4) is 0 Å². The van der Waals surface area contributed by atoms with Crippen LogP contribution in [0.4, 0.5) is 5.69 Å². The Balaban J connectivity index is 1.39. The molecule has 3 heterocycles. The van der Waals surface area contributed by atoms with Gasteiger partial charge in [-0.2, -0.15) is 0 Å². The Labute approximate surface area is 197 Å². The average Bonchev–Trinajstić information content (AvgIpc) is 3.19. The van der Waals surface area contributed by atoms with E-state index in [4.69, 9.17) is 9.72 Å². The molecule has 0 saturated heterocycles. The van der Waals surface area contributed by atoms with E-state index < -0.39 is 0 Å². The van der Waals surface area contributed by atoms with Gasteiger partial charge in [-0.05, 0) is 55.5 Å². The summed E-state index contributed by atoms with van der Waals surface area (Å²) < 4.78 is 6.24. The number of carbonyl (C=O) groups excluding carboxylic acids is 2. The number of rotatable bonds is 6. The SMILES string of the molecule is COc1ccc2nc3sc4c(SCC(=O)Nc5ccc(C(C)=O)cc5)ncnc4c3cc2c1. The number of hydrogen-bond acceptors (Lipinski definition) is 8. The molecule has 2 aromatic carbocycles. The van der Waals surface area contributed by atoms with Crippen LogP contribution in [0.2, 0.25) is 0 Å². The third-order valence-corrected chi connectivity index (χ3v) is 7.34. The maximum absolute atomic E-state index is 12.5. The number of methoxy groups -OCH3 is 1. The molecule has 0 atom stereocenters. The topological polar surface area (TPSA) is 94.1 Å². The Morgan fingerprint density at radius 3 is 2.67 bits per heavy atom. The molecule has 33 heavy (non-hydrogen) atoms. The lowest BCUT2D eigenvalue weighted by atomic mass is 10.1. The van der Waals surface area contributed by atoms with Crippen LogP contribution in [-0.2, 0) is 4.79 Å². The van der Waals surface area contributed by atoms with Crippen molar-refractivity contribution < 1.29 is 14.3 Å². The van der Waals surface area contributed by atoms with Gasteiger partial charge in [0, 0.05) is 22.0 Å². The summed E-state index contributed by atoms with van der Waals surface area (Å²) in [5, 5.41) is 5.52. The standard InChI is InChI=1S/C24H18N4O3S2/c1-13(29)14-3-5-16(6-4-14)27-20(30)11-32-24-22-21(25-12-26-24)18-10-15-9-17(31-2)7-8-19(15)28-23(18)33-22/h3-10,12H,11H2,1-2H3,(H,27,30). The largest absolute Gasteiger partial charge is 0.497 e. The molecule has 0 bridgehead atoms. The molecule has 0 aliphatic heterocycles. The van der Waals surface area contributed by atoms with Crippen LogP contribution in [0.25, 0.3) is 31.3 Å². The van der Waals surface area contributed by atoms with E-state index in [0.717, 1.165) is 42.1 Å². The van der Waals surface area contributed by atoms with Gasteiger partial charge < -0.3 is 10.1 Å². The molecule has 3 aromatic heterocycles. The second kappa shape index (κ2) is 8.76. The fourth-order valence-corrected chi connectivity index (χ4v) is 5.46. The summed E-state index contributed by atoms with van der Waals surface area (Å²) >= 11 is 2.88. The van der Waals surface area contributed by atoms with E-state index in [0.29, 0.717) is 11.3 Å². The van der Waals surface area contributed by atoms with Crippen molar-refractivity contribution in [2.45, 2.75) is 11.9 Å². The van der Waals surface area contributed by atoms with Crippen LogP contribution in [0.5, 0.6) is 5.75 Å². The quantitative estimate of drug-likeness (QED) is 0.202. The molecule has 0 radical (unpaired) electrons. The van der Waals surface area contributed by atoms with E-state index in [1.807, 2.05) is 18.2 Å². The average molecular weight is 475 g/mol. The maximum Gasteiger partial charge on any atom is 0.234 e. The molecule has 1 N–H and O–H groups in total. The molecule has 0 saturated carbocycles. The number of benzene rings is 2. The van der Waals surface area contributed by atoms with Crippen LogP contribution in [0.1, 0.15) is 17.3 Å². The van der Waals surface area contributed by atoms with Crippen molar-refractivity contribution in [1.29, 1.82) is 0 Å². The minimum absolute atomic E-state index is 0.0129. The number of carbonyl (C=O) groups is 2. The zero-order valence-electron chi connectivity index (χ0n) is 17.8. The molecule has 0 aliphatic rings. The molecule has 5 aromatic rings. The summed E-state index contributed by atoms with van der Waals surface area (Å²) in [5.74, 6) is 0.804. The zero-order valence-corrected chi connectivity index (χ0v) is 19.4. The number of pyridine rings is 1. The van der Waals surface area contributed by atoms with E-state index in [2.05, 4.69) is 21.4 Å². The normalized spacial score (nSPS) is 11.2. The number of thioether (sulfide) groups is 1. The smallest absolute Gasteiger partial charge is 0.234 e. The summed E-state index contributed by atoms with van der Waals surface area (Å²) in [6, 6.07) is 14.7. The van der Waals surface area contributed by atoms with Gasteiger partial charge in [0.05, 0.1) is 28.6 Å².